The van der Waals surface area contributed by atoms with Crippen molar-refractivity contribution in [2.45, 2.75) is 96.1 Å². The van der Waals surface area contributed by atoms with Crippen LogP contribution >= 0.6 is 0 Å². The molecule has 1 N–H and O–H groups in total. The predicted molar refractivity (Wildman–Crippen MR) is 154 cm³/mol. The molecule has 1 aromatic carbocycles. The van der Waals surface area contributed by atoms with E-state index in [1.807, 2.05) is 6.07 Å². The van der Waals surface area contributed by atoms with Crippen LogP contribution in [0.25, 0.3) is 10.9 Å². The van der Waals surface area contributed by atoms with Gasteiger partial charge in [0.1, 0.15) is 24.9 Å². The zero-order chi connectivity index (χ0) is 26.3. The zero-order valence-corrected chi connectivity index (χ0v) is 23.8. The van der Waals surface area contributed by atoms with E-state index >= 15 is 0 Å². The van der Waals surface area contributed by atoms with Crippen LogP contribution in [0.5, 0.6) is 5.75 Å². The first-order valence-electron chi connectivity index (χ1n) is 15.2. The Labute approximate surface area is 225 Å². The van der Waals surface area contributed by atoms with Crippen molar-refractivity contribution in [2.24, 2.45) is 18.9 Å². The number of benzene rings is 1. The summed E-state index contributed by atoms with van der Waals surface area (Å²) in [6, 6.07) is 8.62. The zero-order valence-electron chi connectivity index (χ0n) is 23.8. The van der Waals surface area contributed by atoms with Crippen LogP contribution in [0.1, 0.15) is 95.6 Å². The molecule has 37 heavy (non-hydrogen) atoms. The van der Waals surface area contributed by atoms with Gasteiger partial charge < -0.3 is 14.3 Å². The van der Waals surface area contributed by atoms with E-state index in [-0.39, 0.29) is 6.04 Å². The molecular formula is C33H52N2O2+2. The lowest BCUT2D eigenvalue weighted by Gasteiger charge is -2.58. The van der Waals surface area contributed by atoms with Crippen molar-refractivity contribution < 1.29 is 18.9 Å². The fourth-order valence-corrected chi connectivity index (χ4v) is 7.41. The lowest BCUT2D eigenvalue weighted by Crippen LogP contribution is -2.68. The number of aliphatic hydroxyl groups is 1. The van der Waals surface area contributed by atoms with Crippen LogP contribution in [0.3, 0.4) is 0 Å². The van der Waals surface area contributed by atoms with Crippen molar-refractivity contribution in [1.29, 1.82) is 0 Å². The number of rotatable bonds is 15. The molecule has 3 aliphatic rings. The van der Waals surface area contributed by atoms with Crippen molar-refractivity contribution in [2.75, 3.05) is 26.7 Å². The molecule has 4 nitrogen and oxygen atoms in total. The quantitative estimate of drug-likeness (QED) is 0.121. The van der Waals surface area contributed by atoms with Crippen LogP contribution in [0.4, 0.5) is 0 Å². The first kappa shape index (κ1) is 28.1. The SMILES string of the molecule is C=CC1C[N+]2(CCCCCCCCCCCC)CCC1C[C@H]2[C@@H](O)c1cc[n+](C)c2ccc(OC)cc12. The molecule has 2 aromatic rings. The molecule has 0 saturated carbocycles. The standard InChI is InChI=1S/C33H52N2O2/c1-5-7-8-9-10-11-12-13-14-15-21-35-22-19-27(26(6-2)25-35)23-32(35)33(36)29-18-20-34(3)31-17-16-28(37-4)24-30(29)31/h6,16-18,20,24,26-27,32-33,36H,2,5,7-15,19,21-23,25H2,1,3-4H3/q+2/t26?,27?,32-,33-,35?/m0/s1. The molecule has 0 amide bonds. The van der Waals surface area contributed by atoms with Crippen LogP contribution in [0, 0.1) is 11.8 Å². The van der Waals surface area contributed by atoms with E-state index in [9.17, 15) is 5.11 Å². The number of fused-ring (bicyclic) bond motifs is 4. The fourth-order valence-electron chi connectivity index (χ4n) is 7.41. The Kier molecular flexibility index (Phi) is 10.1. The van der Waals surface area contributed by atoms with Gasteiger partial charge in [0, 0.05) is 36.5 Å². The Morgan fingerprint density at radius 1 is 1.08 bits per heavy atom. The summed E-state index contributed by atoms with van der Waals surface area (Å²) < 4.78 is 8.76. The van der Waals surface area contributed by atoms with Gasteiger partial charge in [-0.3, -0.25) is 0 Å². The van der Waals surface area contributed by atoms with Gasteiger partial charge in [0.2, 0.25) is 5.52 Å². The molecule has 3 aliphatic heterocycles. The number of hydrogen-bond acceptors (Lipinski definition) is 2. The smallest absolute Gasteiger partial charge is 0.212 e. The molecule has 3 fully saturated rings. The van der Waals surface area contributed by atoms with E-state index in [2.05, 4.69) is 55.6 Å². The van der Waals surface area contributed by atoms with Gasteiger partial charge in [0.05, 0.1) is 32.1 Å². The van der Waals surface area contributed by atoms with Gasteiger partial charge in [0.25, 0.3) is 0 Å². The number of ether oxygens (including phenoxy) is 1. The van der Waals surface area contributed by atoms with Crippen molar-refractivity contribution >= 4 is 10.9 Å². The fraction of sp³-hybridized carbons (Fsp3) is 0.667. The minimum absolute atomic E-state index is 0.260. The van der Waals surface area contributed by atoms with Crippen molar-refractivity contribution in [1.82, 2.24) is 0 Å². The molecule has 3 unspecified atom stereocenters. The number of hydrogen-bond donors (Lipinski definition) is 1. The Balaban J connectivity index is 1.45. The number of aliphatic hydroxyl groups excluding tert-OH is 1. The molecule has 4 heterocycles. The maximum absolute atomic E-state index is 12.0. The highest BCUT2D eigenvalue weighted by molar-refractivity contribution is 5.81. The molecule has 204 valence electrons. The van der Waals surface area contributed by atoms with Crippen molar-refractivity contribution in [3.05, 3.63) is 48.7 Å². The third kappa shape index (κ3) is 6.40. The number of methoxy groups -OCH3 is 1. The highest BCUT2D eigenvalue weighted by Crippen LogP contribution is 2.47. The number of pyridine rings is 1. The lowest BCUT2D eigenvalue weighted by molar-refractivity contribution is -0.973. The van der Waals surface area contributed by atoms with E-state index in [4.69, 9.17) is 4.74 Å². The topological polar surface area (TPSA) is 33.3 Å². The van der Waals surface area contributed by atoms with E-state index in [0.29, 0.717) is 11.8 Å². The highest BCUT2D eigenvalue weighted by Gasteiger charge is 2.53. The number of piperidine rings is 3. The number of aryl methyl sites for hydroxylation is 1. The van der Waals surface area contributed by atoms with Crippen molar-refractivity contribution in [3.8, 4) is 5.75 Å². The monoisotopic (exact) mass is 508 g/mol. The summed E-state index contributed by atoms with van der Waals surface area (Å²) in [6.45, 7) is 10.0. The van der Waals surface area contributed by atoms with E-state index in [1.54, 1.807) is 7.11 Å². The average Bonchev–Trinajstić information content (AvgIpc) is 2.93. The maximum Gasteiger partial charge on any atom is 0.212 e. The first-order valence-corrected chi connectivity index (χ1v) is 15.2. The van der Waals surface area contributed by atoms with Crippen molar-refractivity contribution in [3.63, 3.8) is 0 Å². The normalized spacial score (nSPS) is 25.9. The van der Waals surface area contributed by atoms with Gasteiger partial charge in [-0.05, 0) is 30.9 Å². The van der Waals surface area contributed by atoms with Gasteiger partial charge in [-0.25, -0.2) is 4.57 Å². The summed E-state index contributed by atoms with van der Waals surface area (Å²) in [5.74, 6) is 2.09. The van der Waals surface area contributed by atoms with Gasteiger partial charge in [-0.1, -0.05) is 64.4 Å². The molecule has 5 atom stereocenters. The third-order valence-electron chi connectivity index (χ3n) is 9.69. The van der Waals surface area contributed by atoms with E-state index in [0.717, 1.165) is 39.7 Å². The Hall–Kier alpha value is -1.91. The Morgan fingerprint density at radius 3 is 2.46 bits per heavy atom. The number of quaternary nitrogens is 1. The third-order valence-corrected chi connectivity index (χ3v) is 9.69. The van der Waals surface area contributed by atoms with Gasteiger partial charge in [-0.2, -0.15) is 0 Å². The largest absolute Gasteiger partial charge is 0.497 e. The van der Waals surface area contributed by atoms with E-state index in [1.165, 1.54) is 83.7 Å². The minimum atomic E-state index is -0.465. The Morgan fingerprint density at radius 2 is 1.78 bits per heavy atom. The predicted octanol–water partition coefficient (Wildman–Crippen LogP) is 7.04. The molecule has 0 radical (unpaired) electrons. The molecule has 5 rings (SSSR count). The van der Waals surface area contributed by atoms with Gasteiger partial charge in [-0.15, -0.1) is 6.58 Å². The number of unbranched alkanes of at least 4 members (excludes halogenated alkanes) is 9. The second-order valence-corrected chi connectivity index (χ2v) is 12.0. The maximum atomic E-state index is 12.0. The summed E-state index contributed by atoms with van der Waals surface area (Å²) in [4.78, 5) is 0. The molecule has 3 saturated heterocycles. The average molecular weight is 509 g/mol. The number of nitrogens with zero attached hydrogens (tertiary/aromatic N) is 2. The molecule has 0 aliphatic carbocycles. The summed E-state index contributed by atoms with van der Waals surface area (Å²) in [5.41, 5.74) is 2.19. The summed E-state index contributed by atoms with van der Waals surface area (Å²) in [5, 5.41) is 13.1. The molecule has 4 heteroatoms. The van der Waals surface area contributed by atoms with Gasteiger partial charge >= 0.3 is 0 Å². The molecule has 2 bridgehead atoms. The molecular weight excluding hydrogens is 456 g/mol. The molecule has 0 spiro atoms. The van der Waals surface area contributed by atoms with Crippen LogP contribution in [-0.2, 0) is 7.05 Å². The number of aromatic nitrogens is 1. The Bertz CT molecular complexity index is 1020. The van der Waals surface area contributed by atoms with Gasteiger partial charge in [0.15, 0.2) is 6.20 Å². The first-order chi connectivity index (χ1) is 18.0. The van der Waals surface area contributed by atoms with Crippen LogP contribution in [0.15, 0.2) is 43.1 Å². The van der Waals surface area contributed by atoms with Crippen LogP contribution < -0.4 is 9.30 Å². The molecule has 1 aromatic heterocycles. The second kappa shape index (κ2) is 13.2. The minimum Gasteiger partial charge on any atom is -0.497 e. The highest BCUT2D eigenvalue weighted by atomic mass is 16.5. The summed E-state index contributed by atoms with van der Waals surface area (Å²) >= 11 is 0. The van der Waals surface area contributed by atoms with Crippen LogP contribution in [-0.4, -0.2) is 42.4 Å². The lowest BCUT2D eigenvalue weighted by atomic mass is 9.71. The van der Waals surface area contributed by atoms with E-state index < -0.39 is 6.10 Å². The van der Waals surface area contributed by atoms with Crippen LogP contribution in [0.2, 0.25) is 0 Å². The summed E-state index contributed by atoms with van der Waals surface area (Å²) in [6.07, 6.45) is 19.9. The summed E-state index contributed by atoms with van der Waals surface area (Å²) in [7, 11) is 3.79. The second-order valence-electron chi connectivity index (χ2n) is 12.0.